The van der Waals surface area contributed by atoms with Crippen LogP contribution in [0.3, 0.4) is 0 Å². The van der Waals surface area contributed by atoms with Crippen molar-refractivity contribution in [3.05, 3.63) is 71.8 Å². The van der Waals surface area contributed by atoms with Crippen LogP contribution in [0.15, 0.2) is 61.3 Å². The van der Waals surface area contributed by atoms with Crippen molar-refractivity contribution in [2.75, 3.05) is 18.4 Å². The predicted octanol–water partition coefficient (Wildman–Crippen LogP) is 3.84. The number of hydrogen-bond donors (Lipinski definition) is 3. The van der Waals surface area contributed by atoms with E-state index in [4.69, 9.17) is 4.98 Å². The van der Waals surface area contributed by atoms with E-state index in [0.29, 0.717) is 42.7 Å². The topological polar surface area (TPSA) is 125 Å². The number of fused-ring (bicyclic) bond motifs is 1. The smallest absolute Gasteiger partial charge is 0.268 e. The van der Waals surface area contributed by atoms with Crippen molar-refractivity contribution in [1.29, 1.82) is 0 Å². The molecule has 0 unspecified atom stereocenters. The minimum Gasteiger partial charge on any atom is -0.389 e. The molecule has 0 bridgehead atoms. The molecule has 5 rings (SSSR count). The third kappa shape index (κ3) is 6.27. The lowest BCUT2D eigenvalue weighted by Gasteiger charge is -2.24. The van der Waals surface area contributed by atoms with E-state index in [1.165, 1.54) is 17.4 Å². The minimum atomic E-state index is -0.812. The van der Waals surface area contributed by atoms with Crippen LogP contribution in [0.2, 0.25) is 0 Å². The molecule has 0 aliphatic carbocycles. The summed E-state index contributed by atoms with van der Waals surface area (Å²) in [4.78, 5) is 33.8. The zero-order valence-electron chi connectivity index (χ0n) is 22.6. The summed E-state index contributed by atoms with van der Waals surface area (Å²) in [5.41, 5.74) is 2.51. The molecule has 3 aromatic heterocycles. The summed E-state index contributed by atoms with van der Waals surface area (Å²) >= 11 is 1.34. The number of likely N-dealkylation sites (tertiary alicyclic amines) is 1. The number of aromatic nitrogens is 4. The third-order valence-corrected chi connectivity index (χ3v) is 7.91. The Bertz CT molecular complexity index is 1520. The second kappa shape index (κ2) is 11.7. The highest BCUT2D eigenvalue weighted by Crippen LogP contribution is 2.29. The monoisotopic (exact) mass is 559 g/mol. The van der Waals surface area contributed by atoms with Gasteiger partial charge in [-0.15, -0.1) is 16.4 Å². The Labute approximate surface area is 236 Å². The Morgan fingerprint density at radius 3 is 2.85 bits per heavy atom. The van der Waals surface area contributed by atoms with Crippen molar-refractivity contribution in [3.8, 4) is 10.6 Å². The molecule has 0 radical (unpaired) electrons. The summed E-state index contributed by atoms with van der Waals surface area (Å²) in [5, 5.41) is 24.3. The summed E-state index contributed by atoms with van der Waals surface area (Å²) in [5.74, 6) is 0.0657. The number of imidazole rings is 1. The average molecular weight is 560 g/mol. The normalized spacial score (nSPS) is 15.5. The first-order chi connectivity index (χ1) is 19.2. The van der Waals surface area contributed by atoms with Gasteiger partial charge in [0.05, 0.1) is 32.4 Å². The van der Waals surface area contributed by atoms with E-state index in [2.05, 4.69) is 27.4 Å². The second-order valence-corrected chi connectivity index (χ2v) is 11.6. The first kappa shape index (κ1) is 27.6. The van der Waals surface area contributed by atoms with Gasteiger partial charge in [0.2, 0.25) is 11.9 Å². The highest BCUT2D eigenvalue weighted by Gasteiger charge is 2.29. The standard InChI is InChI=1S/C29H33N7O3S/c1-4-26(37)35-14-6-7-20(35)17-36-23-10-9-19(16-30-18-29(2,3)39)15-22(23)32-28(36)33-27(38)25-12-11-24(40-25)21-8-5-13-31-34-21/h4-5,8-13,15,20,30,39H,1,6-7,14,16-18H2,2-3H3,(H,32,33,38)/t20-/m1/s1. The van der Waals surface area contributed by atoms with Gasteiger partial charge >= 0.3 is 0 Å². The number of rotatable bonds is 10. The van der Waals surface area contributed by atoms with Crippen LogP contribution in [0, 0.1) is 0 Å². The molecular weight excluding hydrogens is 526 g/mol. The lowest BCUT2D eigenvalue weighted by molar-refractivity contribution is -0.126. The second-order valence-electron chi connectivity index (χ2n) is 10.5. The highest BCUT2D eigenvalue weighted by molar-refractivity contribution is 7.17. The maximum atomic E-state index is 13.3. The van der Waals surface area contributed by atoms with E-state index in [9.17, 15) is 14.7 Å². The number of nitrogens with one attached hydrogen (secondary N) is 2. The molecular formula is C29H33N7O3S. The molecule has 1 atom stereocenters. The van der Waals surface area contributed by atoms with Crippen LogP contribution in [0.4, 0.5) is 5.95 Å². The molecule has 10 nitrogen and oxygen atoms in total. The Hall–Kier alpha value is -3.93. The molecule has 11 heteroatoms. The molecule has 3 N–H and O–H groups in total. The summed E-state index contributed by atoms with van der Waals surface area (Å²) in [6.07, 6.45) is 4.73. The summed E-state index contributed by atoms with van der Waals surface area (Å²) in [7, 11) is 0. The maximum absolute atomic E-state index is 13.3. The molecule has 0 spiro atoms. The first-order valence-electron chi connectivity index (χ1n) is 13.3. The third-order valence-electron chi connectivity index (χ3n) is 6.81. The van der Waals surface area contributed by atoms with Gasteiger partial charge < -0.3 is 19.9 Å². The number of nitrogens with zero attached hydrogens (tertiary/aromatic N) is 5. The Morgan fingerprint density at radius 2 is 2.10 bits per heavy atom. The fourth-order valence-electron chi connectivity index (χ4n) is 4.92. The maximum Gasteiger partial charge on any atom is 0.268 e. The van der Waals surface area contributed by atoms with Gasteiger partial charge in [0.15, 0.2) is 0 Å². The van der Waals surface area contributed by atoms with Crippen LogP contribution in [0.25, 0.3) is 21.6 Å². The lowest BCUT2D eigenvalue weighted by Crippen LogP contribution is -2.37. The summed E-state index contributed by atoms with van der Waals surface area (Å²) in [6, 6.07) is 13.2. The zero-order chi connectivity index (χ0) is 28.3. The largest absolute Gasteiger partial charge is 0.389 e. The molecule has 1 aliphatic rings. The molecule has 1 aromatic carbocycles. The minimum absolute atomic E-state index is 0.0309. The highest BCUT2D eigenvalue weighted by atomic mass is 32.1. The van der Waals surface area contributed by atoms with Crippen LogP contribution in [0.1, 0.15) is 41.9 Å². The van der Waals surface area contributed by atoms with Gasteiger partial charge in [-0.25, -0.2) is 4.98 Å². The number of carbonyl (C=O) groups excluding carboxylic acids is 2. The average Bonchev–Trinajstić information content (AvgIpc) is 3.68. The number of amides is 2. The van der Waals surface area contributed by atoms with Gasteiger partial charge in [0.25, 0.3) is 5.91 Å². The SMILES string of the molecule is C=CC(=O)N1CCC[C@@H]1Cn1c(NC(=O)c2ccc(-c3cccnn3)s2)nc2cc(CNCC(C)(C)O)ccc21. The fourth-order valence-corrected chi connectivity index (χ4v) is 5.78. The van der Waals surface area contributed by atoms with Crippen molar-refractivity contribution >= 4 is 40.1 Å². The molecule has 4 heterocycles. The van der Waals surface area contributed by atoms with Crippen LogP contribution in [-0.2, 0) is 17.9 Å². The van der Waals surface area contributed by atoms with Crippen LogP contribution in [-0.4, -0.2) is 66.3 Å². The molecule has 2 amide bonds. The van der Waals surface area contributed by atoms with Crippen LogP contribution < -0.4 is 10.6 Å². The van der Waals surface area contributed by atoms with E-state index >= 15 is 0 Å². The summed E-state index contributed by atoms with van der Waals surface area (Å²) < 4.78 is 1.98. The number of anilines is 1. The van der Waals surface area contributed by atoms with Gasteiger partial charge in [0.1, 0.15) is 5.69 Å². The van der Waals surface area contributed by atoms with Gasteiger partial charge in [-0.05, 0) is 74.7 Å². The first-order valence-corrected chi connectivity index (χ1v) is 14.1. The van der Waals surface area contributed by atoms with E-state index < -0.39 is 5.60 Å². The number of thiophene rings is 1. The van der Waals surface area contributed by atoms with Gasteiger partial charge in [-0.3, -0.25) is 14.9 Å². The van der Waals surface area contributed by atoms with E-state index in [1.807, 2.05) is 45.9 Å². The number of benzene rings is 1. The van der Waals surface area contributed by atoms with Gasteiger partial charge in [-0.1, -0.05) is 12.6 Å². The Kier molecular flexibility index (Phi) is 8.06. The lowest BCUT2D eigenvalue weighted by atomic mass is 10.1. The van der Waals surface area contributed by atoms with Crippen molar-refractivity contribution in [2.24, 2.45) is 0 Å². The van der Waals surface area contributed by atoms with Crippen molar-refractivity contribution in [1.82, 2.24) is 30.0 Å². The number of carbonyl (C=O) groups is 2. The molecule has 1 aliphatic heterocycles. The number of hydrogen-bond acceptors (Lipinski definition) is 8. The van der Waals surface area contributed by atoms with Crippen LogP contribution in [0.5, 0.6) is 0 Å². The molecule has 1 fully saturated rings. The molecule has 1 saturated heterocycles. The molecule has 40 heavy (non-hydrogen) atoms. The molecule has 4 aromatic rings. The summed E-state index contributed by atoms with van der Waals surface area (Å²) in [6.45, 7) is 9.37. The predicted molar refractivity (Wildman–Crippen MR) is 156 cm³/mol. The Morgan fingerprint density at radius 1 is 1.25 bits per heavy atom. The zero-order valence-corrected chi connectivity index (χ0v) is 23.4. The van der Waals surface area contributed by atoms with Gasteiger partial charge in [0, 0.05) is 32.4 Å². The molecule has 208 valence electrons. The Balaban J connectivity index is 1.43. The van der Waals surface area contributed by atoms with Crippen molar-refractivity contribution < 1.29 is 14.7 Å². The van der Waals surface area contributed by atoms with Crippen molar-refractivity contribution in [2.45, 2.75) is 51.4 Å². The van der Waals surface area contributed by atoms with E-state index in [0.717, 1.165) is 34.3 Å². The van der Waals surface area contributed by atoms with E-state index in [1.54, 1.807) is 26.1 Å². The molecule has 0 saturated carbocycles. The van der Waals surface area contributed by atoms with Crippen LogP contribution >= 0.6 is 11.3 Å². The van der Waals surface area contributed by atoms with Gasteiger partial charge in [-0.2, -0.15) is 5.10 Å². The fraction of sp³-hybridized carbons (Fsp3) is 0.345. The van der Waals surface area contributed by atoms with E-state index in [-0.39, 0.29) is 17.9 Å². The number of aliphatic hydroxyl groups is 1. The van der Waals surface area contributed by atoms with Crippen molar-refractivity contribution in [3.63, 3.8) is 0 Å². The quantitative estimate of drug-likeness (QED) is 0.252.